The fourth-order valence-corrected chi connectivity index (χ4v) is 5.92. The number of hydrogen-bond acceptors (Lipinski definition) is 8. The van der Waals surface area contributed by atoms with Gasteiger partial charge in [-0.25, -0.2) is 19.9 Å². The molecule has 1 saturated heterocycles. The molecule has 10 heteroatoms. The van der Waals surface area contributed by atoms with Crippen LogP contribution in [0.3, 0.4) is 0 Å². The lowest BCUT2D eigenvalue weighted by Gasteiger charge is -2.34. The number of carbonyl (C=O) groups is 1. The average molecular weight is 501 g/mol. The number of anilines is 3. The predicted molar refractivity (Wildman–Crippen MR) is 139 cm³/mol. The van der Waals surface area contributed by atoms with Gasteiger partial charge in [-0.2, -0.15) is 4.73 Å². The minimum atomic E-state index is -0.542. The van der Waals surface area contributed by atoms with Crippen LogP contribution in [0.1, 0.15) is 73.0 Å². The van der Waals surface area contributed by atoms with E-state index in [9.17, 15) is 10.0 Å². The van der Waals surface area contributed by atoms with Crippen LogP contribution in [0, 0.1) is 6.92 Å². The molecular formula is C27H32N8O2. The molecule has 0 atom stereocenters. The Balaban J connectivity index is 1.28. The molecular weight excluding hydrogens is 468 g/mol. The first-order chi connectivity index (χ1) is 18.0. The molecule has 3 aromatic rings. The Morgan fingerprint density at radius 1 is 1.00 bits per heavy atom. The van der Waals surface area contributed by atoms with Crippen LogP contribution >= 0.6 is 0 Å². The molecule has 3 aliphatic rings. The van der Waals surface area contributed by atoms with Gasteiger partial charge in [0.05, 0.1) is 28.7 Å². The van der Waals surface area contributed by atoms with Gasteiger partial charge in [0.2, 0.25) is 0 Å². The summed E-state index contributed by atoms with van der Waals surface area (Å²) in [5.41, 5.74) is 2.86. The number of rotatable bonds is 4. The topological polar surface area (TPSA) is 121 Å². The van der Waals surface area contributed by atoms with E-state index in [0.717, 1.165) is 61.2 Å². The number of fused-ring (bicyclic) bond motifs is 2. The van der Waals surface area contributed by atoms with Crippen LogP contribution in [0.4, 0.5) is 23.1 Å². The van der Waals surface area contributed by atoms with Gasteiger partial charge in [0.25, 0.3) is 5.91 Å². The molecule has 3 aromatic heterocycles. The van der Waals surface area contributed by atoms with E-state index in [4.69, 9.17) is 0 Å². The first kappa shape index (κ1) is 23.4. The number of amides is 1. The molecule has 1 aliphatic carbocycles. The lowest BCUT2D eigenvalue weighted by molar-refractivity contribution is 0.0892. The summed E-state index contributed by atoms with van der Waals surface area (Å²) in [5.74, 6) is 1.49. The highest BCUT2D eigenvalue weighted by molar-refractivity contribution is 6.00. The summed E-state index contributed by atoms with van der Waals surface area (Å²) in [6.45, 7) is 4.03. The van der Waals surface area contributed by atoms with Gasteiger partial charge in [0, 0.05) is 19.2 Å². The molecule has 1 saturated carbocycles. The van der Waals surface area contributed by atoms with Crippen molar-refractivity contribution in [3.8, 4) is 0 Å². The zero-order valence-electron chi connectivity index (χ0n) is 21.1. The average Bonchev–Trinajstić information content (AvgIpc) is 3.20. The SMILES string of the molecule is Cc1cc(=Nc2cc(Nc3ccc(N4CCCCC4)cn3)ncn2)n(O)c2c1C(=O)NC21CCCCC1. The lowest BCUT2D eigenvalue weighted by atomic mass is 9.79. The van der Waals surface area contributed by atoms with Gasteiger partial charge in [0.15, 0.2) is 11.3 Å². The second kappa shape index (κ2) is 9.49. The monoisotopic (exact) mass is 500 g/mol. The quantitative estimate of drug-likeness (QED) is 0.462. The van der Waals surface area contributed by atoms with E-state index in [1.807, 2.05) is 19.2 Å². The normalized spacial score (nSPS) is 19.1. The third-order valence-electron chi connectivity index (χ3n) is 7.75. The summed E-state index contributed by atoms with van der Waals surface area (Å²) in [4.78, 5) is 32.9. The van der Waals surface area contributed by atoms with E-state index in [-0.39, 0.29) is 5.91 Å². The van der Waals surface area contributed by atoms with Crippen LogP contribution in [0.15, 0.2) is 41.8 Å². The van der Waals surface area contributed by atoms with Crippen LogP contribution in [0.5, 0.6) is 0 Å². The summed E-state index contributed by atoms with van der Waals surface area (Å²) < 4.78 is 1.07. The Labute approximate surface area is 215 Å². The van der Waals surface area contributed by atoms with Gasteiger partial charge in [-0.3, -0.25) is 4.79 Å². The molecule has 0 radical (unpaired) electrons. The summed E-state index contributed by atoms with van der Waals surface area (Å²) in [5, 5.41) is 17.6. The molecule has 0 aromatic carbocycles. The minimum Gasteiger partial charge on any atom is -0.427 e. The number of aromatic nitrogens is 4. The summed E-state index contributed by atoms with van der Waals surface area (Å²) in [6, 6.07) is 7.45. The molecule has 192 valence electrons. The molecule has 10 nitrogen and oxygen atoms in total. The highest BCUT2D eigenvalue weighted by Gasteiger charge is 2.47. The standard InChI is InChI=1S/C27H32N8O2/c1-18-14-23(35(37)25-24(18)26(36)33-27(25)10-4-2-5-11-27)32-22-15-21(29-17-30-22)31-20-9-8-19(16-28-20)34-12-6-3-7-13-34/h8-9,14-17,37H,2-7,10-13H2,1H3,(H,33,36)(H,28,29,30,31). The van der Waals surface area contributed by atoms with E-state index in [0.29, 0.717) is 34.2 Å². The molecule has 1 spiro atoms. The van der Waals surface area contributed by atoms with Gasteiger partial charge in [-0.15, -0.1) is 0 Å². The van der Waals surface area contributed by atoms with Crippen molar-refractivity contribution in [2.24, 2.45) is 4.99 Å². The van der Waals surface area contributed by atoms with Gasteiger partial charge in [-0.05, 0) is 62.8 Å². The van der Waals surface area contributed by atoms with Gasteiger partial charge in [0.1, 0.15) is 18.0 Å². The fourth-order valence-electron chi connectivity index (χ4n) is 5.92. The number of piperidine rings is 1. The van der Waals surface area contributed by atoms with E-state index >= 15 is 0 Å². The lowest BCUT2D eigenvalue weighted by Crippen LogP contribution is -2.43. The predicted octanol–water partition coefficient (Wildman–Crippen LogP) is 4.09. The van der Waals surface area contributed by atoms with E-state index in [1.54, 1.807) is 12.1 Å². The maximum absolute atomic E-state index is 12.8. The Kier molecular flexibility index (Phi) is 6.02. The molecule has 3 N–H and O–H groups in total. The fraction of sp³-hybridized carbons (Fsp3) is 0.444. The van der Waals surface area contributed by atoms with Crippen LogP contribution in [0.2, 0.25) is 0 Å². The van der Waals surface area contributed by atoms with Crippen molar-refractivity contribution >= 4 is 29.0 Å². The van der Waals surface area contributed by atoms with Crippen molar-refractivity contribution in [1.29, 1.82) is 0 Å². The Morgan fingerprint density at radius 3 is 2.54 bits per heavy atom. The number of carbonyl (C=O) groups excluding carboxylic acids is 1. The van der Waals surface area contributed by atoms with Crippen molar-refractivity contribution in [2.45, 2.75) is 63.8 Å². The van der Waals surface area contributed by atoms with E-state index in [1.165, 1.54) is 25.6 Å². The Bertz CT molecular complexity index is 1390. The first-order valence-electron chi connectivity index (χ1n) is 13.2. The van der Waals surface area contributed by atoms with Crippen molar-refractivity contribution in [3.63, 3.8) is 0 Å². The number of pyridine rings is 2. The molecule has 0 unspecified atom stereocenters. The van der Waals surface area contributed by atoms with Crippen LogP contribution < -0.4 is 21.0 Å². The Morgan fingerprint density at radius 2 is 1.78 bits per heavy atom. The Hall–Kier alpha value is -3.95. The second-order valence-electron chi connectivity index (χ2n) is 10.3. The van der Waals surface area contributed by atoms with Gasteiger partial charge >= 0.3 is 0 Å². The summed E-state index contributed by atoms with van der Waals surface area (Å²) in [6.07, 6.45) is 11.8. The number of nitrogens with one attached hydrogen (secondary N) is 2. The second-order valence-corrected chi connectivity index (χ2v) is 10.3. The smallest absolute Gasteiger partial charge is 0.254 e. The summed E-state index contributed by atoms with van der Waals surface area (Å²) in [7, 11) is 0. The highest BCUT2D eigenvalue weighted by Crippen LogP contribution is 2.42. The highest BCUT2D eigenvalue weighted by atomic mass is 16.5. The van der Waals surface area contributed by atoms with Crippen LogP contribution in [0.25, 0.3) is 0 Å². The van der Waals surface area contributed by atoms with E-state index < -0.39 is 5.54 Å². The van der Waals surface area contributed by atoms with Crippen LogP contribution in [-0.2, 0) is 5.54 Å². The van der Waals surface area contributed by atoms with Crippen molar-refractivity contribution < 1.29 is 10.0 Å². The molecule has 2 aliphatic heterocycles. The number of hydrogen-bond donors (Lipinski definition) is 3. The zero-order valence-corrected chi connectivity index (χ0v) is 21.1. The van der Waals surface area contributed by atoms with Gasteiger partial charge < -0.3 is 20.7 Å². The molecule has 0 bridgehead atoms. The largest absolute Gasteiger partial charge is 0.427 e. The minimum absolute atomic E-state index is 0.129. The van der Waals surface area contributed by atoms with Crippen molar-refractivity contribution in [2.75, 3.05) is 23.3 Å². The van der Waals surface area contributed by atoms with Crippen LogP contribution in [-0.4, -0.2) is 43.9 Å². The first-order valence-corrected chi connectivity index (χ1v) is 13.2. The third kappa shape index (κ3) is 4.41. The molecule has 1 amide bonds. The molecule has 2 fully saturated rings. The van der Waals surface area contributed by atoms with Gasteiger partial charge in [-0.1, -0.05) is 19.3 Å². The molecule has 37 heavy (non-hydrogen) atoms. The maximum atomic E-state index is 12.8. The van der Waals surface area contributed by atoms with Crippen molar-refractivity contribution in [1.82, 2.24) is 25.0 Å². The molecule has 5 heterocycles. The number of nitrogens with zero attached hydrogens (tertiary/aromatic N) is 6. The maximum Gasteiger partial charge on any atom is 0.254 e. The molecule has 6 rings (SSSR count). The van der Waals surface area contributed by atoms with E-state index in [2.05, 4.69) is 41.5 Å². The summed E-state index contributed by atoms with van der Waals surface area (Å²) >= 11 is 0. The zero-order chi connectivity index (χ0) is 25.4. The van der Waals surface area contributed by atoms with Crippen molar-refractivity contribution in [3.05, 3.63) is 59.1 Å². The number of aryl methyl sites for hydroxylation is 1. The third-order valence-corrected chi connectivity index (χ3v) is 7.75.